The van der Waals surface area contributed by atoms with Crippen LogP contribution in [0.5, 0.6) is 5.75 Å². The van der Waals surface area contributed by atoms with Crippen LogP contribution in [-0.2, 0) is 16.1 Å². The molecule has 2 heterocycles. The maximum Gasteiger partial charge on any atom is 0.267 e. The molecule has 3 aromatic carbocycles. The first-order valence-corrected chi connectivity index (χ1v) is 14.3. The fraction of sp³-hybridized carbons (Fsp3) is 0.0968. The van der Waals surface area contributed by atoms with Crippen LogP contribution in [0, 0.1) is 12.7 Å². The maximum atomic E-state index is 13.5. The molecule has 0 atom stereocenters. The Bertz CT molecular complexity index is 1690. The minimum atomic E-state index is -0.417. The molecule has 0 spiro atoms. The smallest absolute Gasteiger partial charge is 0.267 e. The van der Waals surface area contributed by atoms with Gasteiger partial charge in [0.25, 0.3) is 11.8 Å². The molecular weight excluding hydrogens is 623 g/mol. The van der Waals surface area contributed by atoms with E-state index in [9.17, 15) is 14.0 Å². The Balaban J connectivity index is 1.37. The highest BCUT2D eigenvalue weighted by atomic mass is 79.9. The molecule has 0 unspecified atom stereocenters. The third kappa shape index (κ3) is 7.42. The van der Waals surface area contributed by atoms with Crippen LogP contribution in [0.3, 0.4) is 0 Å². The first-order chi connectivity index (χ1) is 20.4. The molecule has 0 radical (unpaired) electrons. The molecule has 2 amide bonds. The third-order valence-electron chi connectivity index (χ3n) is 6.06. The molecule has 1 saturated heterocycles. The highest BCUT2D eigenvalue weighted by Crippen LogP contribution is 2.36. The number of benzene rings is 3. The van der Waals surface area contributed by atoms with E-state index in [1.807, 2.05) is 31.2 Å². The Kier molecular flexibility index (Phi) is 9.30. The van der Waals surface area contributed by atoms with E-state index in [1.54, 1.807) is 48.9 Å². The number of thioether (sulfide) groups is 1. The van der Waals surface area contributed by atoms with Crippen LogP contribution < -0.4 is 10.1 Å². The lowest BCUT2D eigenvalue weighted by atomic mass is 10.1. The second kappa shape index (κ2) is 13.5. The Morgan fingerprint density at radius 3 is 2.67 bits per heavy atom. The van der Waals surface area contributed by atoms with Gasteiger partial charge in [-0.3, -0.25) is 14.5 Å². The van der Waals surface area contributed by atoms with E-state index in [-0.39, 0.29) is 19.1 Å². The van der Waals surface area contributed by atoms with Crippen LogP contribution in [0.2, 0.25) is 0 Å². The number of anilines is 1. The van der Waals surface area contributed by atoms with Crippen molar-refractivity contribution in [3.05, 3.63) is 123 Å². The van der Waals surface area contributed by atoms with Gasteiger partial charge in [-0.1, -0.05) is 40.2 Å². The van der Waals surface area contributed by atoms with Crippen molar-refractivity contribution in [2.45, 2.75) is 13.5 Å². The quantitative estimate of drug-likeness (QED) is 0.120. The van der Waals surface area contributed by atoms with Crippen molar-refractivity contribution in [2.75, 3.05) is 11.9 Å². The number of nitrogens with zero attached hydrogens (tertiary/aromatic N) is 3. The molecule has 0 bridgehead atoms. The predicted molar refractivity (Wildman–Crippen MR) is 166 cm³/mol. The first kappa shape index (κ1) is 29.0. The summed E-state index contributed by atoms with van der Waals surface area (Å²) in [6.07, 6.45) is 4.88. The standard InChI is InChI=1S/C31H24BrFN4O4S/c1-20-5-2-3-6-21(20)17-34-36-31-37(18-26-7-4-14-40-26)30(39)28(42-31)16-22-15-23(32)8-13-27(22)41-19-29(38)35-25-11-9-24(33)10-12-25/h2-17H,18-19H2,1H3,(H,35,38)/b28-16-,34-17+,36-31-. The van der Waals surface area contributed by atoms with Crippen LogP contribution in [0.15, 0.2) is 109 Å². The number of hydrogen-bond donors (Lipinski definition) is 1. The zero-order valence-corrected chi connectivity index (χ0v) is 24.7. The number of amides is 2. The summed E-state index contributed by atoms with van der Waals surface area (Å²) in [5.74, 6) is -0.0975. The Labute approximate surface area is 254 Å². The van der Waals surface area contributed by atoms with Gasteiger partial charge >= 0.3 is 0 Å². The Morgan fingerprint density at radius 1 is 1.10 bits per heavy atom. The average Bonchev–Trinajstić information content (AvgIpc) is 3.59. The van der Waals surface area contributed by atoms with Crippen LogP contribution in [0.1, 0.15) is 22.5 Å². The zero-order chi connectivity index (χ0) is 29.5. The number of amidine groups is 1. The second-order valence-electron chi connectivity index (χ2n) is 9.09. The fourth-order valence-corrected chi connectivity index (χ4v) is 5.24. The van der Waals surface area contributed by atoms with Gasteiger partial charge in [0.15, 0.2) is 11.8 Å². The largest absolute Gasteiger partial charge is 0.483 e. The molecule has 1 aromatic heterocycles. The van der Waals surface area contributed by atoms with E-state index >= 15 is 0 Å². The summed E-state index contributed by atoms with van der Waals surface area (Å²) < 4.78 is 25.2. The minimum Gasteiger partial charge on any atom is -0.483 e. The lowest BCUT2D eigenvalue weighted by Gasteiger charge is -2.13. The highest BCUT2D eigenvalue weighted by molar-refractivity contribution is 9.10. The fourth-order valence-electron chi connectivity index (χ4n) is 3.93. The lowest BCUT2D eigenvalue weighted by Crippen LogP contribution is -2.28. The number of ether oxygens (including phenoxy) is 1. The molecule has 1 aliphatic rings. The summed E-state index contributed by atoms with van der Waals surface area (Å²) in [6.45, 7) is 1.87. The van der Waals surface area contributed by atoms with E-state index in [0.29, 0.717) is 32.8 Å². The molecule has 4 aromatic rings. The van der Waals surface area contributed by atoms with Crippen LogP contribution in [0.4, 0.5) is 10.1 Å². The molecule has 0 aliphatic carbocycles. The summed E-state index contributed by atoms with van der Waals surface area (Å²) >= 11 is 4.64. The number of furan rings is 1. The third-order valence-corrected chi connectivity index (χ3v) is 7.55. The van der Waals surface area contributed by atoms with E-state index in [2.05, 4.69) is 31.4 Å². The molecular formula is C31H24BrFN4O4S. The number of aryl methyl sites for hydroxylation is 1. The number of carbonyl (C=O) groups is 2. The van der Waals surface area contributed by atoms with Crippen molar-refractivity contribution in [2.24, 2.45) is 10.2 Å². The van der Waals surface area contributed by atoms with Gasteiger partial charge in [-0.15, -0.1) is 5.10 Å². The topological polar surface area (TPSA) is 96.5 Å². The van der Waals surface area contributed by atoms with Gasteiger partial charge in [0.05, 0.1) is 23.9 Å². The summed E-state index contributed by atoms with van der Waals surface area (Å²) in [6, 6.07) is 22.0. The normalized spacial score (nSPS) is 15.2. The van der Waals surface area contributed by atoms with Crippen LogP contribution >= 0.6 is 27.7 Å². The SMILES string of the molecule is Cc1ccccc1/C=N/N=C1\S/C(=C\c2cc(Br)ccc2OCC(=O)Nc2ccc(F)cc2)C(=O)N1Cc1ccco1. The molecule has 212 valence electrons. The highest BCUT2D eigenvalue weighted by Gasteiger charge is 2.34. The number of rotatable bonds is 9. The zero-order valence-electron chi connectivity index (χ0n) is 22.3. The minimum absolute atomic E-state index is 0.181. The molecule has 42 heavy (non-hydrogen) atoms. The number of halogens is 2. The molecule has 8 nitrogen and oxygen atoms in total. The summed E-state index contributed by atoms with van der Waals surface area (Å²) in [5.41, 5.74) is 3.00. The monoisotopic (exact) mass is 646 g/mol. The van der Waals surface area contributed by atoms with Gasteiger partial charge in [-0.2, -0.15) is 5.10 Å². The van der Waals surface area contributed by atoms with Crippen molar-refractivity contribution in [1.29, 1.82) is 0 Å². The number of hydrogen-bond acceptors (Lipinski definition) is 7. The molecule has 1 fully saturated rings. The van der Waals surface area contributed by atoms with Crippen LogP contribution in [-0.4, -0.2) is 34.7 Å². The average molecular weight is 648 g/mol. The number of nitrogens with one attached hydrogen (secondary N) is 1. The summed E-state index contributed by atoms with van der Waals surface area (Å²) in [4.78, 5) is 27.9. The predicted octanol–water partition coefficient (Wildman–Crippen LogP) is 7.01. The molecule has 1 aliphatic heterocycles. The molecule has 1 N–H and O–H groups in total. The maximum absolute atomic E-state index is 13.5. The number of carbonyl (C=O) groups excluding carboxylic acids is 2. The lowest BCUT2D eigenvalue weighted by molar-refractivity contribution is -0.122. The van der Waals surface area contributed by atoms with E-state index < -0.39 is 11.7 Å². The van der Waals surface area contributed by atoms with E-state index in [1.165, 1.54) is 40.9 Å². The van der Waals surface area contributed by atoms with Gasteiger partial charge in [0.2, 0.25) is 0 Å². The van der Waals surface area contributed by atoms with Gasteiger partial charge < -0.3 is 14.5 Å². The van der Waals surface area contributed by atoms with Gasteiger partial charge in [-0.25, -0.2) is 4.39 Å². The Hall–Kier alpha value is -4.48. The van der Waals surface area contributed by atoms with Crippen molar-refractivity contribution >= 4 is 62.7 Å². The van der Waals surface area contributed by atoms with Crippen LogP contribution in [0.25, 0.3) is 6.08 Å². The Morgan fingerprint density at radius 2 is 1.90 bits per heavy atom. The first-order valence-electron chi connectivity index (χ1n) is 12.7. The molecule has 0 saturated carbocycles. The van der Waals surface area contributed by atoms with E-state index in [4.69, 9.17) is 9.15 Å². The molecule has 11 heteroatoms. The van der Waals surface area contributed by atoms with Crippen molar-refractivity contribution in [3.8, 4) is 5.75 Å². The summed E-state index contributed by atoms with van der Waals surface area (Å²) in [7, 11) is 0. The van der Waals surface area contributed by atoms with Crippen molar-refractivity contribution < 1.29 is 23.1 Å². The van der Waals surface area contributed by atoms with Crippen molar-refractivity contribution in [3.63, 3.8) is 0 Å². The van der Waals surface area contributed by atoms with Gasteiger partial charge in [0, 0.05) is 15.7 Å². The van der Waals surface area contributed by atoms with E-state index in [0.717, 1.165) is 15.6 Å². The summed E-state index contributed by atoms with van der Waals surface area (Å²) in [5, 5.41) is 11.7. The van der Waals surface area contributed by atoms with Gasteiger partial charge in [0.1, 0.15) is 17.3 Å². The van der Waals surface area contributed by atoms with Gasteiger partial charge in [-0.05, 0) is 90.5 Å². The van der Waals surface area contributed by atoms with Crippen molar-refractivity contribution in [1.82, 2.24) is 4.90 Å². The molecule has 5 rings (SSSR count). The second-order valence-corrected chi connectivity index (χ2v) is 11.0.